The van der Waals surface area contributed by atoms with Crippen LogP contribution in [0.1, 0.15) is 6.92 Å². The van der Waals surface area contributed by atoms with Crippen LogP contribution in [0.4, 0.5) is 22.0 Å². The second-order valence-corrected chi connectivity index (χ2v) is 2.53. The van der Waals surface area contributed by atoms with Crippen LogP contribution in [-0.4, -0.2) is 29.6 Å². The number of hydrogen-bond acceptors (Lipinski definition) is 1. The van der Waals surface area contributed by atoms with Gasteiger partial charge < -0.3 is 5.11 Å². The van der Waals surface area contributed by atoms with E-state index in [-0.39, 0.29) is 6.08 Å². The van der Waals surface area contributed by atoms with Gasteiger partial charge in [0, 0.05) is 5.57 Å². The van der Waals surface area contributed by atoms with Crippen molar-refractivity contribution in [2.75, 3.05) is 0 Å². The maximum absolute atomic E-state index is 12.5. The van der Waals surface area contributed by atoms with E-state index in [2.05, 4.69) is 0 Å². The van der Waals surface area contributed by atoms with Crippen LogP contribution in [0, 0.1) is 0 Å². The third-order valence-electron chi connectivity index (χ3n) is 1.39. The van der Waals surface area contributed by atoms with Gasteiger partial charge in [-0.1, -0.05) is 0 Å². The van der Waals surface area contributed by atoms with Crippen LogP contribution in [0.3, 0.4) is 0 Å². The average Bonchev–Trinajstić information content (AvgIpc) is 2.03. The molecule has 0 aromatic rings. The fourth-order valence-corrected chi connectivity index (χ4v) is 0.522. The van der Waals surface area contributed by atoms with Gasteiger partial charge in [-0.05, 0) is 13.0 Å². The lowest BCUT2D eigenvalue weighted by molar-refractivity contribution is -0.159. The molecule has 0 aliphatic rings. The van der Waals surface area contributed by atoms with Crippen LogP contribution in [0.15, 0.2) is 11.6 Å². The Labute approximate surface area is 76.0 Å². The van der Waals surface area contributed by atoms with E-state index in [4.69, 9.17) is 5.11 Å². The maximum atomic E-state index is 12.5. The van der Waals surface area contributed by atoms with Crippen molar-refractivity contribution in [3.8, 4) is 0 Å². The van der Waals surface area contributed by atoms with Crippen LogP contribution in [0.25, 0.3) is 0 Å². The van der Waals surface area contributed by atoms with Gasteiger partial charge in [0.05, 0.1) is 0 Å². The molecule has 0 saturated carbocycles. The van der Waals surface area contributed by atoms with Gasteiger partial charge in [0.1, 0.15) is 0 Å². The summed E-state index contributed by atoms with van der Waals surface area (Å²) < 4.78 is 60.0. The van der Waals surface area contributed by atoms with Crippen LogP contribution >= 0.6 is 0 Å². The number of allylic oxidation sites excluding steroid dienone is 1. The van der Waals surface area contributed by atoms with Crippen molar-refractivity contribution in [3.05, 3.63) is 11.6 Å². The molecule has 0 spiro atoms. The van der Waals surface area contributed by atoms with Crippen LogP contribution in [0.5, 0.6) is 0 Å². The smallest absolute Gasteiger partial charge is 0.341 e. The third-order valence-corrected chi connectivity index (χ3v) is 1.39. The molecule has 0 radical (unpaired) electrons. The molecule has 0 amide bonds. The molecule has 0 aromatic heterocycles. The van der Waals surface area contributed by atoms with E-state index >= 15 is 0 Å². The predicted octanol–water partition coefficient (Wildman–Crippen LogP) is 2.26. The predicted molar refractivity (Wildman–Crippen MR) is 37.2 cm³/mol. The number of rotatable bonds is 4. The molecule has 7 heteroatoms. The average molecular weight is 218 g/mol. The van der Waals surface area contributed by atoms with Crippen molar-refractivity contribution < 1.29 is 31.9 Å². The zero-order valence-corrected chi connectivity index (χ0v) is 6.98. The van der Waals surface area contributed by atoms with Crippen molar-refractivity contribution in [3.63, 3.8) is 0 Å². The zero-order chi connectivity index (χ0) is 11.5. The summed E-state index contributed by atoms with van der Waals surface area (Å²) >= 11 is 0. The molecule has 0 fully saturated rings. The number of alkyl halides is 5. The highest BCUT2D eigenvalue weighted by molar-refractivity contribution is 5.85. The highest BCUT2D eigenvalue weighted by atomic mass is 19.3. The summed E-state index contributed by atoms with van der Waals surface area (Å²) in [7, 11) is 0. The first-order valence-corrected chi connectivity index (χ1v) is 3.41. The monoisotopic (exact) mass is 218 g/mol. The lowest BCUT2D eigenvalue weighted by atomic mass is 10.1. The molecule has 0 aliphatic carbocycles. The van der Waals surface area contributed by atoms with Crippen molar-refractivity contribution in [2.24, 2.45) is 0 Å². The molecular formula is C7H7F5O2. The van der Waals surface area contributed by atoms with Crippen molar-refractivity contribution in [2.45, 2.75) is 25.4 Å². The Kier molecular flexibility index (Phi) is 4.03. The normalized spacial score (nSPS) is 15.8. The second kappa shape index (κ2) is 4.39. The van der Waals surface area contributed by atoms with Gasteiger partial charge in [0.15, 0.2) is 6.17 Å². The van der Waals surface area contributed by atoms with Crippen LogP contribution in [-0.2, 0) is 4.79 Å². The number of carbonyl (C=O) groups is 1. The molecule has 1 N–H and O–H groups in total. The van der Waals surface area contributed by atoms with E-state index in [0.717, 1.165) is 6.92 Å². The quantitative estimate of drug-likeness (QED) is 0.580. The fraction of sp³-hybridized carbons (Fsp3) is 0.571. The van der Waals surface area contributed by atoms with Gasteiger partial charge in [-0.3, -0.25) is 0 Å². The van der Waals surface area contributed by atoms with E-state index in [1.54, 1.807) is 0 Å². The molecule has 1 unspecified atom stereocenters. The molecule has 0 bridgehead atoms. The van der Waals surface area contributed by atoms with Crippen molar-refractivity contribution >= 4 is 5.97 Å². The number of carboxylic acid groups (broad SMARTS) is 1. The first-order valence-electron chi connectivity index (χ1n) is 3.41. The first kappa shape index (κ1) is 12.9. The van der Waals surface area contributed by atoms with Gasteiger partial charge >= 0.3 is 18.3 Å². The molecule has 0 rings (SSSR count). The summed E-state index contributed by atoms with van der Waals surface area (Å²) in [5.74, 6) is -6.51. The maximum Gasteiger partial charge on any atom is 0.341 e. The fourth-order valence-electron chi connectivity index (χ4n) is 0.522. The highest BCUT2D eigenvalue weighted by Crippen LogP contribution is 2.30. The Morgan fingerprint density at radius 1 is 1.36 bits per heavy atom. The minimum absolute atomic E-state index is 0.0471. The van der Waals surface area contributed by atoms with Gasteiger partial charge in [0.25, 0.3) is 0 Å². The summed E-state index contributed by atoms with van der Waals surface area (Å²) in [6.45, 7) is 0.830. The summed E-state index contributed by atoms with van der Waals surface area (Å²) in [6, 6.07) is 0. The van der Waals surface area contributed by atoms with E-state index < -0.39 is 30.1 Å². The Balaban J connectivity index is 4.72. The standard InChI is InChI=1S/C7H7F5O2/c1-3(5(13)14)2-4(8)7(11,12)6(9)10/h2,4,6H,1H3,(H,13,14). The molecular weight excluding hydrogens is 211 g/mol. The highest BCUT2D eigenvalue weighted by Gasteiger charge is 2.48. The van der Waals surface area contributed by atoms with Gasteiger partial charge in [-0.15, -0.1) is 0 Å². The molecule has 1 atom stereocenters. The largest absolute Gasteiger partial charge is 0.478 e. The molecule has 0 aromatic carbocycles. The van der Waals surface area contributed by atoms with Crippen molar-refractivity contribution in [1.29, 1.82) is 0 Å². The lowest BCUT2D eigenvalue weighted by Crippen LogP contribution is -2.36. The second-order valence-electron chi connectivity index (χ2n) is 2.53. The number of carboxylic acids is 1. The Bertz CT molecular complexity index is 248. The van der Waals surface area contributed by atoms with Crippen molar-refractivity contribution in [1.82, 2.24) is 0 Å². The minimum atomic E-state index is -4.86. The number of hydrogen-bond donors (Lipinski definition) is 1. The van der Waals surface area contributed by atoms with Gasteiger partial charge in [-0.2, -0.15) is 8.78 Å². The summed E-state index contributed by atoms with van der Waals surface area (Å²) in [5, 5.41) is 8.17. The minimum Gasteiger partial charge on any atom is -0.478 e. The number of aliphatic carboxylic acids is 1. The summed E-state index contributed by atoms with van der Waals surface area (Å²) in [4.78, 5) is 10.1. The Morgan fingerprint density at radius 3 is 2.07 bits per heavy atom. The molecule has 82 valence electrons. The first-order chi connectivity index (χ1) is 6.19. The van der Waals surface area contributed by atoms with E-state index in [1.165, 1.54) is 0 Å². The van der Waals surface area contributed by atoms with E-state index in [1.807, 2.05) is 0 Å². The van der Waals surface area contributed by atoms with E-state index in [0.29, 0.717) is 0 Å². The third kappa shape index (κ3) is 2.97. The summed E-state index contributed by atoms with van der Waals surface area (Å²) in [6.07, 6.45) is -7.52. The molecule has 0 heterocycles. The van der Waals surface area contributed by atoms with E-state index in [9.17, 15) is 26.7 Å². The molecule has 0 aliphatic heterocycles. The van der Waals surface area contributed by atoms with Crippen LogP contribution < -0.4 is 0 Å². The van der Waals surface area contributed by atoms with Gasteiger partial charge in [0.2, 0.25) is 0 Å². The molecule has 0 saturated heterocycles. The van der Waals surface area contributed by atoms with Gasteiger partial charge in [-0.25, -0.2) is 18.0 Å². The topological polar surface area (TPSA) is 37.3 Å². The molecule has 14 heavy (non-hydrogen) atoms. The molecule has 2 nitrogen and oxygen atoms in total. The number of halogens is 5. The van der Waals surface area contributed by atoms with Crippen LogP contribution in [0.2, 0.25) is 0 Å². The Morgan fingerprint density at radius 2 is 1.79 bits per heavy atom. The zero-order valence-electron chi connectivity index (χ0n) is 6.98. The SMILES string of the molecule is CC(=CC(F)C(F)(F)C(F)F)C(=O)O. The summed E-state index contributed by atoms with van der Waals surface area (Å²) in [5.41, 5.74) is -0.752. The lowest BCUT2D eigenvalue weighted by Gasteiger charge is -2.17. The Hall–Kier alpha value is -1.14.